The molecule has 3 aromatic heterocycles. The van der Waals surface area contributed by atoms with Gasteiger partial charge in [0, 0.05) is 43.5 Å². The Morgan fingerprint density at radius 1 is 0.783 bits per heavy atom. The highest BCUT2D eigenvalue weighted by atomic mass is 16.2. The number of carbonyl (C=O) groups is 2. The first kappa shape index (κ1) is 42.6. The monoisotopic (exact) mass is 820 g/mol. The Hall–Kier alpha value is -5.52. The highest BCUT2D eigenvalue weighted by molar-refractivity contribution is 5.90. The molecule has 2 fully saturated rings. The number of anilines is 2. The molecule has 0 bridgehead atoms. The lowest BCUT2D eigenvalue weighted by atomic mass is 9.95. The third-order valence-electron chi connectivity index (χ3n) is 11.3. The van der Waals surface area contributed by atoms with Crippen LogP contribution in [0.5, 0.6) is 0 Å². The van der Waals surface area contributed by atoms with Crippen LogP contribution in [0.15, 0.2) is 67.0 Å². The lowest BCUT2D eigenvalue weighted by Gasteiger charge is -2.33. The molecule has 320 valence electrons. The summed E-state index contributed by atoms with van der Waals surface area (Å²) in [7, 11) is 0. The quantitative estimate of drug-likeness (QED) is 0.0553. The second-order valence-electron chi connectivity index (χ2n) is 16.0. The van der Waals surface area contributed by atoms with Crippen molar-refractivity contribution in [3.63, 3.8) is 0 Å². The van der Waals surface area contributed by atoms with Crippen LogP contribution in [0.1, 0.15) is 87.6 Å². The maximum absolute atomic E-state index is 13.1. The van der Waals surface area contributed by atoms with E-state index in [0.717, 1.165) is 85.9 Å². The Kier molecular flexibility index (Phi) is 15.8. The molecule has 1 aliphatic heterocycles. The van der Waals surface area contributed by atoms with Gasteiger partial charge < -0.3 is 37.2 Å². The minimum atomic E-state index is -0.797. The summed E-state index contributed by atoms with van der Waals surface area (Å²) >= 11 is 0. The second-order valence-corrected chi connectivity index (χ2v) is 16.0. The van der Waals surface area contributed by atoms with Gasteiger partial charge in [0.15, 0.2) is 0 Å². The zero-order valence-corrected chi connectivity index (χ0v) is 34.6. The zero-order valence-electron chi connectivity index (χ0n) is 34.6. The van der Waals surface area contributed by atoms with Gasteiger partial charge in [-0.15, -0.1) is 10.2 Å². The molecule has 0 spiro atoms. The number of nitrogens with one attached hydrogen (secondary N) is 5. The number of hydrogen-bond acceptors (Lipinski definition) is 13. The average Bonchev–Trinajstić information content (AvgIpc) is 3.95. The molecule has 1 aliphatic carbocycles. The van der Waals surface area contributed by atoms with Crippen molar-refractivity contribution in [2.75, 3.05) is 43.4 Å². The molecule has 1 saturated heterocycles. The van der Waals surface area contributed by atoms with E-state index in [-0.39, 0.29) is 37.2 Å². The maximum Gasteiger partial charge on any atom is 0.237 e. The Labute approximate surface area is 352 Å². The van der Waals surface area contributed by atoms with Gasteiger partial charge in [0.1, 0.15) is 17.2 Å². The molecular formula is C43H61N15O2. The summed E-state index contributed by atoms with van der Waals surface area (Å²) < 4.78 is 3.62. The third-order valence-corrected chi connectivity index (χ3v) is 11.3. The number of para-hydroxylation sites is 1. The van der Waals surface area contributed by atoms with Crippen LogP contribution in [0.2, 0.25) is 0 Å². The number of likely N-dealkylation sites (tertiary alicyclic amines) is 1. The van der Waals surface area contributed by atoms with Crippen LogP contribution < -0.4 is 32.3 Å². The lowest BCUT2D eigenvalue weighted by molar-refractivity contribution is -0.132. The Morgan fingerprint density at radius 3 is 2.35 bits per heavy atom. The van der Waals surface area contributed by atoms with E-state index < -0.39 is 6.04 Å². The number of hydrogen-bond donors (Lipinski definition) is 6. The smallest absolute Gasteiger partial charge is 0.237 e. The summed E-state index contributed by atoms with van der Waals surface area (Å²) in [6.07, 6.45) is 14.7. The predicted molar refractivity (Wildman–Crippen MR) is 232 cm³/mol. The van der Waals surface area contributed by atoms with Crippen molar-refractivity contribution < 1.29 is 9.59 Å². The first-order valence-corrected chi connectivity index (χ1v) is 21.8. The van der Waals surface area contributed by atoms with Gasteiger partial charge >= 0.3 is 0 Å². The fourth-order valence-electron chi connectivity index (χ4n) is 7.89. The molecule has 60 heavy (non-hydrogen) atoms. The fraction of sp³-hybridized carbons (Fsp3) is 0.535. The van der Waals surface area contributed by atoms with Crippen LogP contribution >= 0.6 is 0 Å². The summed E-state index contributed by atoms with van der Waals surface area (Å²) in [4.78, 5) is 37.3. The molecule has 7 rings (SSSR count). The number of aryl methyl sites for hydroxylation is 1. The molecule has 2 aliphatic rings. The molecule has 7 N–H and O–H groups in total. The van der Waals surface area contributed by atoms with E-state index in [4.69, 9.17) is 15.7 Å². The number of amides is 2. The number of nitrogens with two attached hydrogens (primary N) is 1. The van der Waals surface area contributed by atoms with E-state index in [0.29, 0.717) is 37.8 Å². The van der Waals surface area contributed by atoms with Gasteiger partial charge in [0.05, 0.1) is 43.6 Å². The standard InChI is InChI=1S/C43H61N15O2/c44-38(42(60)47-27-35-31-58(55-53-35)29-32-11-3-1-4-12-32)17-18-40(59)56-25-19-34(20-26-56)49-41-37-15-7-8-16-39(37)50-43(51-41)48-28-36-30-57(54-52-36)24-10-22-45-21-9-23-46-33-13-5-2-6-14-33/h1,3-4,7-8,11-12,15-16,30-31,33-34,38,45-46H,2,5-6,9-10,13-14,17-29,44H2,(H,47,60)(H2,48,49,50,51). The Bertz CT molecular complexity index is 2070. The van der Waals surface area contributed by atoms with E-state index in [9.17, 15) is 9.59 Å². The molecule has 17 heteroatoms. The lowest BCUT2D eigenvalue weighted by Crippen LogP contribution is -2.44. The molecule has 1 atom stereocenters. The number of piperidine rings is 1. The van der Waals surface area contributed by atoms with Gasteiger partial charge in [0.2, 0.25) is 17.8 Å². The molecule has 2 aromatic carbocycles. The van der Waals surface area contributed by atoms with Gasteiger partial charge in [-0.2, -0.15) is 4.98 Å². The van der Waals surface area contributed by atoms with Crippen molar-refractivity contribution in [2.24, 2.45) is 5.73 Å². The summed E-state index contributed by atoms with van der Waals surface area (Å²) in [5.74, 6) is 0.948. The predicted octanol–water partition coefficient (Wildman–Crippen LogP) is 3.59. The third kappa shape index (κ3) is 13.0. The van der Waals surface area contributed by atoms with Crippen LogP contribution in [0.25, 0.3) is 10.9 Å². The number of rotatable bonds is 22. The van der Waals surface area contributed by atoms with Gasteiger partial charge in [-0.25, -0.2) is 9.67 Å². The summed E-state index contributed by atoms with van der Waals surface area (Å²) in [6.45, 7) is 6.34. The average molecular weight is 820 g/mol. The van der Waals surface area contributed by atoms with Crippen LogP contribution in [0.4, 0.5) is 11.8 Å². The molecule has 2 amide bonds. The van der Waals surface area contributed by atoms with E-state index in [1.807, 2.05) is 70.4 Å². The van der Waals surface area contributed by atoms with Crippen LogP contribution in [-0.2, 0) is 35.8 Å². The largest absolute Gasteiger partial charge is 0.367 e. The van der Waals surface area contributed by atoms with Crippen molar-refractivity contribution >= 4 is 34.5 Å². The van der Waals surface area contributed by atoms with Crippen LogP contribution in [-0.4, -0.2) is 108 Å². The highest BCUT2D eigenvalue weighted by Gasteiger charge is 2.25. The van der Waals surface area contributed by atoms with Crippen molar-refractivity contribution in [1.82, 2.24) is 60.8 Å². The van der Waals surface area contributed by atoms with Gasteiger partial charge in [0.25, 0.3) is 0 Å². The number of aromatic nitrogens is 8. The molecule has 4 heterocycles. The van der Waals surface area contributed by atoms with Gasteiger partial charge in [-0.3, -0.25) is 14.3 Å². The molecular weight excluding hydrogens is 759 g/mol. The van der Waals surface area contributed by atoms with Crippen molar-refractivity contribution in [1.29, 1.82) is 0 Å². The van der Waals surface area contributed by atoms with Gasteiger partial charge in [-0.05, 0) is 82.3 Å². The minimum absolute atomic E-state index is 0.00105. The maximum atomic E-state index is 13.1. The number of carbonyl (C=O) groups excluding carboxylic acids is 2. The normalized spacial score (nSPS) is 15.6. The fourth-order valence-corrected chi connectivity index (χ4v) is 7.89. The molecule has 5 aromatic rings. The molecule has 0 radical (unpaired) electrons. The van der Waals surface area contributed by atoms with Gasteiger partial charge in [-0.1, -0.05) is 72.2 Å². The highest BCUT2D eigenvalue weighted by Crippen LogP contribution is 2.25. The van der Waals surface area contributed by atoms with E-state index >= 15 is 0 Å². The summed E-state index contributed by atoms with van der Waals surface area (Å²) in [5, 5.41) is 35.0. The van der Waals surface area contributed by atoms with Crippen LogP contribution in [0, 0.1) is 0 Å². The van der Waals surface area contributed by atoms with Crippen molar-refractivity contribution in [3.8, 4) is 0 Å². The van der Waals surface area contributed by atoms with E-state index in [2.05, 4.69) is 47.2 Å². The van der Waals surface area contributed by atoms with E-state index in [1.165, 1.54) is 32.1 Å². The SMILES string of the molecule is NC(CCC(=O)N1CCC(Nc2nc(NCc3cn(CCCNCCCNC4CCCCC4)nn3)nc3ccccc23)CC1)C(=O)NCc1cn(Cc2ccccc2)nn1. The summed E-state index contributed by atoms with van der Waals surface area (Å²) in [6, 6.07) is 18.0. The van der Waals surface area contributed by atoms with Crippen molar-refractivity contribution in [3.05, 3.63) is 83.9 Å². The summed E-state index contributed by atoms with van der Waals surface area (Å²) in [5.41, 5.74) is 9.58. The number of nitrogens with zero attached hydrogens (tertiary/aromatic N) is 9. The first-order valence-electron chi connectivity index (χ1n) is 21.8. The first-order chi connectivity index (χ1) is 29.4. The Morgan fingerprint density at radius 2 is 1.52 bits per heavy atom. The number of fused-ring (bicyclic) bond motifs is 1. The Balaban J connectivity index is 0.794. The minimum Gasteiger partial charge on any atom is -0.367 e. The molecule has 1 saturated carbocycles. The zero-order chi connectivity index (χ0) is 41.4. The topological polar surface area (TPSA) is 211 Å². The van der Waals surface area contributed by atoms with Crippen molar-refractivity contribution in [2.45, 2.75) is 115 Å². The van der Waals surface area contributed by atoms with Crippen LogP contribution in [0.3, 0.4) is 0 Å². The van der Waals surface area contributed by atoms with E-state index in [1.54, 1.807) is 10.9 Å². The molecule has 1 unspecified atom stereocenters. The second kappa shape index (κ2) is 22.2. The molecule has 17 nitrogen and oxygen atoms in total. The number of benzene rings is 2.